The molecule has 0 saturated carbocycles. The van der Waals surface area contributed by atoms with Gasteiger partial charge in [0.15, 0.2) is 0 Å². The van der Waals surface area contributed by atoms with E-state index in [1.165, 1.54) is 22.3 Å². The van der Waals surface area contributed by atoms with Crippen LogP contribution in [-0.4, -0.2) is 55.3 Å². The SMILES string of the molecule is O=C(c1sccc1-n1cnnn1)N1CCCC1CO. The van der Waals surface area contributed by atoms with E-state index in [1.807, 2.05) is 11.4 Å². The first kappa shape index (κ1) is 12.2. The number of hydrogen-bond donors (Lipinski definition) is 1. The second-order valence-electron chi connectivity index (χ2n) is 4.37. The Morgan fingerprint density at radius 1 is 1.58 bits per heavy atom. The second kappa shape index (κ2) is 5.06. The lowest BCUT2D eigenvalue weighted by molar-refractivity contribution is 0.0682. The number of carbonyl (C=O) groups excluding carboxylic acids is 1. The van der Waals surface area contributed by atoms with E-state index in [1.54, 1.807) is 4.90 Å². The van der Waals surface area contributed by atoms with E-state index in [0.717, 1.165) is 12.8 Å². The van der Waals surface area contributed by atoms with Gasteiger partial charge >= 0.3 is 0 Å². The van der Waals surface area contributed by atoms with Crippen molar-refractivity contribution >= 4 is 17.2 Å². The Morgan fingerprint density at radius 3 is 3.21 bits per heavy atom. The van der Waals surface area contributed by atoms with Gasteiger partial charge in [-0.1, -0.05) is 0 Å². The van der Waals surface area contributed by atoms with Gasteiger partial charge in [0.2, 0.25) is 0 Å². The first-order valence-electron chi connectivity index (χ1n) is 6.04. The van der Waals surface area contributed by atoms with Gasteiger partial charge in [-0.25, -0.2) is 0 Å². The number of thiophene rings is 1. The molecule has 0 bridgehead atoms. The third-order valence-corrected chi connectivity index (χ3v) is 4.17. The van der Waals surface area contributed by atoms with Crippen LogP contribution in [0.5, 0.6) is 0 Å². The zero-order chi connectivity index (χ0) is 13.2. The molecule has 19 heavy (non-hydrogen) atoms. The van der Waals surface area contributed by atoms with Crippen molar-refractivity contribution in [3.05, 3.63) is 22.7 Å². The minimum Gasteiger partial charge on any atom is -0.394 e. The minimum absolute atomic E-state index is 0.0112. The van der Waals surface area contributed by atoms with Crippen molar-refractivity contribution in [3.63, 3.8) is 0 Å². The summed E-state index contributed by atoms with van der Waals surface area (Å²) in [7, 11) is 0. The van der Waals surface area contributed by atoms with Gasteiger partial charge in [0.05, 0.1) is 18.3 Å². The summed E-state index contributed by atoms with van der Waals surface area (Å²) in [6.45, 7) is 0.703. The van der Waals surface area contributed by atoms with Gasteiger partial charge in [0.25, 0.3) is 5.91 Å². The highest BCUT2D eigenvalue weighted by Crippen LogP contribution is 2.26. The minimum atomic E-state index is -0.0729. The van der Waals surface area contributed by atoms with Crippen molar-refractivity contribution in [2.45, 2.75) is 18.9 Å². The zero-order valence-electron chi connectivity index (χ0n) is 10.1. The molecule has 1 unspecified atom stereocenters. The van der Waals surface area contributed by atoms with Crippen LogP contribution in [0.1, 0.15) is 22.5 Å². The number of nitrogens with zero attached hydrogens (tertiary/aromatic N) is 5. The van der Waals surface area contributed by atoms with E-state index in [4.69, 9.17) is 0 Å². The number of aliphatic hydroxyl groups is 1. The van der Waals surface area contributed by atoms with Crippen molar-refractivity contribution in [2.75, 3.05) is 13.2 Å². The maximum Gasteiger partial charge on any atom is 0.266 e. The summed E-state index contributed by atoms with van der Waals surface area (Å²) < 4.78 is 1.48. The third kappa shape index (κ3) is 2.13. The molecule has 2 aromatic heterocycles. The lowest BCUT2D eigenvalue weighted by atomic mass is 10.2. The molecule has 0 aliphatic carbocycles. The molecule has 7 nitrogen and oxygen atoms in total. The molecule has 1 saturated heterocycles. The van der Waals surface area contributed by atoms with E-state index in [9.17, 15) is 9.90 Å². The smallest absolute Gasteiger partial charge is 0.266 e. The van der Waals surface area contributed by atoms with Crippen LogP contribution in [0.25, 0.3) is 5.69 Å². The molecular formula is C11H13N5O2S. The molecule has 100 valence electrons. The van der Waals surface area contributed by atoms with Crippen LogP contribution >= 0.6 is 11.3 Å². The molecule has 0 radical (unpaired) electrons. The fourth-order valence-electron chi connectivity index (χ4n) is 2.34. The van der Waals surface area contributed by atoms with Gasteiger partial charge in [-0.2, -0.15) is 4.68 Å². The van der Waals surface area contributed by atoms with E-state index in [-0.39, 0.29) is 18.6 Å². The first-order valence-corrected chi connectivity index (χ1v) is 6.92. The first-order chi connectivity index (χ1) is 9.31. The summed E-state index contributed by atoms with van der Waals surface area (Å²) >= 11 is 1.37. The quantitative estimate of drug-likeness (QED) is 0.874. The summed E-state index contributed by atoms with van der Waals surface area (Å²) in [6, 6.07) is 1.74. The van der Waals surface area contributed by atoms with Crippen LogP contribution < -0.4 is 0 Å². The van der Waals surface area contributed by atoms with Crippen LogP contribution in [0.2, 0.25) is 0 Å². The molecule has 1 N–H and O–H groups in total. The van der Waals surface area contributed by atoms with Crippen LogP contribution in [0.15, 0.2) is 17.8 Å². The fourth-order valence-corrected chi connectivity index (χ4v) is 3.17. The maximum atomic E-state index is 12.5. The number of tetrazole rings is 1. The normalized spacial score (nSPS) is 19.0. The average Bonchev–Trinajstić information content (AvgIpc) is 3.16. The Kier molecular flexibility index (Phi) is 3.26. The lowest BCUT2D eigenvalue weighted by Crippen LogP contribution is -2.37. The summed E-state index contributed by atoms with van der Waals surface area (Å²) in [5.74, 6) is -0.0583. The molecule has 3 heterocycles. The highest BCUT2D eigenvalue weighted by Gasteiger charge is 2.31. The van der Waals surface area contributed by atoms with Gasteiger partial charge in [-0.15, -0.1) is 16.4 Å². The van der Waals surface area contributed by atoms with Gasteiger partial charge in [0, 0.05) is 6.54 Å². The highest BCUT2D eigenvalue weighted by molar-refractivity contribution is 7.12. The number of hydrogen-bond acceptors (Lipinski definition) is 6. The molecule has 0 aromatic carbocycles. The third-order valence-electron chi connectivity index (χ3n) is 3.28. The number of aliphatic hydroxyl groups excluding tert-OH is 1. The summed E-state index contributed by atoms with van der Waals surface area (Å²) in [5, 5.41) is 22.1. The lowest BCUT2D eigenvalue weighted by Gasteiger charge is -2.22. The largest absolute Gasteiger partial charge is 0.394 e. The van der Waals surface area contributed by atoms with Crippen molar-refractivity contribution in [2.24, 2.45) is 0 Å². The summed E-state index contributed by atoms with van der Waals surface area (Å²) in [4.78, 5) is 14.9. The predicted molar refractivity (Wildman–Crippen MR) is 68.2 cm³/mol. The number of rotatable bonds is 3. The van der Waals surface area contributed by atoms with Gasteiger partial charge < -0.3 is 10.0 Å². The fraction of sp³-hybridized carbons (Fsp3) is 0.455. The second-order valence-corrected chi connectivity index (χ2v) is 5.28. The monoisotopic (exact) mass is 279 g/mol. The Hall–Kier alpha value is -1.80. The molecule has 1 aliphatic rings. The number of likely N-dealkylation sites (tertiary alicyclic amines) is 1. The van der Waals surface area contributed by atoms with Crippen molar-refractivity contribution < 1.29 is 9.90 Å². The number of carbonyl (C=O) groups is 1. The molecule has 8 heteroatoms. The van der Waals surface area contributed by atoms with E-state index in [2.05, 4.69) is 15.5 Å². The van der Waals surface area contributed by atoms with Crippen molar-refractivity contribution in [1.29, 1.82) is 0 Å². The van der Waals surface area contributed by atoms with E-state index < -0.39 is 0 Å². The van der Waals surface area contributed by atoms with E-state index >= 15 is 0 Å². The predicted octanol–water partition coefficient (Wildman–Crippen LogP) is 0.321. The molecule has 0 spiro atoms. The van der Waals surface area contributed by atoms with Crippen molar-refractivity contribution in [3.8, 4) is 5.69 Å². The molecule has 1 amide bonds. The van der Waals surface area contributed by atoms with Crippen LogP contribution in [0, 0.1) is 0 Å². The number of amides is 1. The van der Waals surface area contributed by atoms with Gasteiger partial charge in [-0.3, -0.25) is 4.79 Å². The molecule has 1 aliphatic heterocycles. The van der Waals surface area contributed by atoms with E-state index in [0.29, 0.717) is 17.1 Å². The van der Waals surface area contributed by atoms with Crippen molar-refractivity contribution in [1.82, 2.24) is 25.1 Å². The topological polar surface area (TPSA) is 84.1 Å². The van der Waals surface area contributed by atoms with Crippen LogP contribution in [0.4, 0.5) is 0 Å². The molecule has 2 aromatic rings. The van der Waals surface area contributed by atoms with Crippen LogP contribution in [0.3, 0.4) is 0 Å². The zero-order valence-corrected chi connectivity index (χ0v) is 11.0. The molecule has 1 atom stereocenters. The van der Waals surface area contributed by atoms with Gasteiger partial charge in [-0.05, 0) is 34.7 Å². The standard InChI is InChI=1S/C11H13N5O2S/c17-6-8-2-1-4-15(8)11(18)10-9(3-5-19-10)16-7-12-13-14-16/h3,5,7-8,17H,1-2,4,6H2. The molecule has 3 rings (SSSR count). The molecule has 1 fully saturated rings. The van der Waals surface area contributed by atoms with Crippen LogP contribution in [-0.2, 0) is 0 Å². The Morgan fingerprint density at radius 2 is 2.47 bits per heavy atom. The Bertz CT molecular complexity index is 567. The number of aromatic nitrogens is 4. The maximum absolute atomic E-state index is 12.5. The highest BCUT2D eigenvalue weighted by atomic mass is 32.1. The van der Waals surface area contributed by atoms with Gasteiger partial charge in [0.1, 0.15) is 11.2 Å². The molecular weight excluding hydrogens is 266 g/mol. The summed E-state index contributed by atoms with van der Waals surface area (Å²) in [6.07, 6.45) is 3.25. The Labute approximate surface area is 113 Å². The average molecular weight is 279 g/mol. The summed E-state index contributed by atoms with van der Waals surface area (Å²) in [5.41, 5.74) is 0.684. The Balaban J connectivity index is 1.91.